The first-order chi connectivity index (χ1) is 7.74. The van der Waals surface area contributed by atoms with E-state index in [-0.39, 0.29) is 11.9 Å². The predicted octanol–water partition coefficient (Wildman–Crippen LogP) is 2.45. The second kappa shape index (κ2) is 7.66. The summed E-state index contributed by atoms with van der Waals surface area (Å²) < 4.78 is 5.28. The van der Waals surface area contributed by atoms with Crippen LogP contribution in [0, 0.1) is 5.92 Å². The van der Waals surface area contributed by atoms with Gasteiger partial charge in [0.1, 0.15) is 6.61 Å². The number of unbranched alkanes of at least 4 members (excludes halogenated alkanes) is 1. The summed E-state index contributed by atoms with van der Waals surface area (Å²) >= 11 is 0. The maximum absolute atomic E-state index is 11.6. The van der Waals surface area contributed by atoms with Crippen molar-refractivity contribution in [3.05, 3.63) is 0 Å². The Bertz CT molecular complexity index is 200. The van der Waals surface area contributed by atoms with Crippen LogP contribution in [0.3, 0.4) is 0 Å². The van der Waals surface area contributed by atoms with Crippen molar-refractivity contribution in [1.82, 2.24) is 4.90 Å². The Morgan fingerprint density at radius 1 is 1.38 bits per heavy atom. The zero-order valence-corrected chi connectivity index (χ0v) is 10.7. The normalized spacial score (nSPS) is 18.6. The Kier molecular flexibility index (Phi) is 6.46. The number of carbonyl (C=O) groups excluding carboxylic acids is 1. The maximum atomic E-state index is 11.6. The molecule has 1 aliphatic heterocycles. The molecule has 1 rings (SSSR count). The molecule has 0 radical (unpaired) electrons. The number of hydrogen-bond donors (Lipinski definition) is 0. The van der Waals surface area contributed by atoms with Crippen LogP contribution in [0.5, 0.6) is 0 Å². The van der Waals surface area contributed by atoms with Gasteiger partial charge in [0.05, 0.1) is 5.92 Å². The van der Waals surface area contributed by atoms with Crippen LogP contribution in [0.1, 0.15) is 46.0 Å². The minimum absolute atomic E-state index is 0.0207. The molecule has 0 aromatic carbocycles. The van der Waals surface area contributed by atoms with Crippen molar-refractivity contribution in [2.24, 2.45) is 5.92 Å². The van der Waals surface area contributed by atoms with Gasteiger partial charge in [0, 0.05) is 6.54 Å². The Balaban J connectivity index is 2.04. The van der Waals surface area contributed by atoms with Gasteiger partial charge in [0.2, 0.25) is 0 Å². The number of rotatable bonds is 7. The lowest BCUT2D eigenvalue weighted by molar-refractivity contribution is -0.148. The van der Waals surface area contributed by atoms with Crippen LogP contribution in [0.15, 0.2) is 0 Å². The van der Waals surface area contributed by atoms with Gasteiger partial charge in [-0.15, -0.1) is 0 Å². The molecule has 94 valence electrons. The van der Waals surface area contributed by atoms with E-state index in [0.29, 0.717) is 6.61 Å². The van der Waals surface area contributed by atoms with E-state index in [2.05, 4.69) is 11.8 Å². The predicted molar refractivity (Wildman–Crippen MR) is 65.3 cm³/mol. The van der Waals surface area contributed by atoms with Crippen LogP contribution in [0.2, 0.25) is 0 Å². The summed E-state index contributed by atoms with van der Waals surface area (Å²) in [5.74, 6) is 0.0474. The fourth-order valence-corrected chi connectivity index (χ4v) is 2.05. The third-order valence-electron chi connectivity index (χ3n) is 3.24. The van der Waals surface area contributed by atoms with Crippen LogP contribution < -0.4 is 0 Å². The first-order valence-corrected chi connectivity index (χ1v) is 6.63. The van der Waals surface area contributed by atoms with Crippen molar-refractivity contribution in [3.63, 3.8) is 0 Å². The molecule has 16 heavy (non-hydrogen) atoms. The highest BCUT2D eigenvalue weighted by Crippen LogP contribution is 2.10. The summed E-state index contributed by atoms with van der Waals surface area (Å²) in [6, 6.07) is 0. The van der Waals surface area contributed by atoms with E-state index in [1.165, 1.54) is 25.9 Å². The molecule has 1 fully saturated rings. The fraction of sp³-hybridized carbons (Fsp3) is 0.923. The quantitative estimate of drug-likeness (QED) is 0.626. The van der Waals surface area contributed by atoms with Gasteiger partial charge in [-0.1, -0.05) is 26.7 Å². The molecule has 1 saturated heterocycles. The van der Waals surface area contributed by atoms with E-state index in [4.69, 9.17) is 4.74 Å². The SMILES string of the molecule is CCCCC(C)C(=O)OCCN1CCCC1. The summed E-state index contributed by atoms with van der Waals surface area (Å²) in [5, 5.41) is 0. The number of carbonyl (C=O) groups is 1. The molecule has 3 nitrogen and oxygen atoms in total. The van der Waals surface area contributed by atoms with Gasteiger partial charge >= 0.3 is 5.97 Å². The third-order valence-corrected chi connectivity index (χ3v) is 3.24. The van der Waals surface area contributed by atoms with Crippen molar-refractivity contribution in [1.29, 1.82) is 0 Å². The molecule has 0 aromatic rings. The molecule has 1 unspecified atom stereocenters. The first-order valence-electron chi connectivity index (χ1n) is 6.63. The molecular formula is C13H25NO2. The summed E-state index contributed by atoms with van der Waals surface area (Å²) in [4.78, 5) is 13.9. The summed E-state index contributed by atoms with van der Waals surface area (Å²) in [5.41, 5.74) is 0. The number of ether oxygens (including phenoxy) is 1. The molecule has 0 amide bonds. The number of hydrogen-bond acceptors (Lipinski definition) is 3. The summed E-state index contributed by atoms with van der Waals surface area (Å²) in [7, 11) is 0. The second-order valence-electron chi connectivity index (χ2n) is 4.76. The summed E-state index contributed by atoms with van der Waals surface area (Å²) in [6.07, 6.45) is 5.80. The molecular weight excluding hydrogens is 202 g/mol. The number of likely N-dealkylation sites (tertiary alicyclic amines) is 1. The largest absolute Gasteiger partial charge is 0.464 e. The van der Waals surface area contributed by atoms with E-state index in [9.17, 15) is 4.79 Å². The molecule has 1 atom stereocenters. The van der Waals surface area contributed by atoms with Gasteiger partial charge in [-0.3, -0.25) is 9.69 Å². The minimum Gasteiger partial charge on any atom is -0.464 e. The zero-order chi connectivity index (χ0) is 11.8. The van der Waals surface area contributed by atoms with E-state index in [1.807, 2.05) is 6.92 Å². The van der Waals surface area contributed by atoms with Crippen molar-refractivity contribution in [2.45, 2.75) is 46.0 Å². The molecule has 1 heterocycles. The molecule has 0 spiro atoms. The molecule has 0 saturated carbocycles. The minimum atomic E-state index is -0.0207. The highest BCUT2D eigenvalue weighted by atomic mass is 16.5. The van der Waals surface area contributed by atoms with Gasteiger partial charge in [-0.05, 0) is 32.4 Å². The van der Waals surface area contributed by atoms with Crippen LogP contribution in [0.25, 0.3) is 0 Å². The lowest BCUT2D eigenvalue weighted by Crippen LogP contribution is -2.26. The Morgan fingerprint density at radius 3 is 2.69 bits per heavy atom. The van der Waals surface area contributed by atoms with Crippen LogP contribution in [-0.2, 0) is 9.53 Å². The van der Waals surface area contributed by atoms with Crippen molar-refractivity contribution in [3.8, 4) is 0 Å². The van der Waals surface area contributed by atoms with Crippen LogP contribution in [0.4, 0.5) is 0 Å². The van der Waals surface area contributed by atoms with Crippen molar-refractivity contribution >= 4 is 5.97 Å². The van der Waals surface area contributed by atoms with Crippen LogP contribution in [-0.4, -0.2) is 37.1 Å². The van der Waals surface area contributed by atoms with E-state index >= 15 is 0 Å². The van der Waals surface area contributed by atoms with Gasteiger partial charge in [0.25, 0.3) is 0 Å². The lowest BCUT2D eigenvalue weighted by Gasteiger charge is -2.16. The van der Waals surface area contributed by atoms with E-state index in [0.717, 1.165) is 25.8 Å². The van der Waals surface area contributed by atoms with Crippen molar-refractivity contribution in [2.75, 3.05) is 26.2 Å². The highest BCUT2D eigenvalue weighted by molar-refractivity contribution is 5.71. The topological polar surface area (TPSA) is 29.5 Å². The average Bonchev–Trinajstić information content (AvgIpc) is 2.78. The average molecular weight is 227 g/mol. The Labute approximate surface area is 99.1 Å². The molecule has 0 N–H and O–H groups in total. The zero-order valence-electron chi connectivity index (χ0n) is 10.7. The molecule has 0 aliphatic carbocycles. The van der Waals surface area contributed by atoms with Gasteiger partial charge < -0.3 is 4.74 Å². The third kappa shape index (κ3) is 4.97. The molecule has 3 heteroatoms. The van der Waals surface area contributed by atoms with Gasteiger partial charge in [0.15, 0.2) is 0 Å². The fourth-order valence-electron chi connectivity index (χ4n) is 2.05. The molecule has 0 bridgehead atoms. The van der Waals surface area contributed by atoms with E-state index in [1.54, 1.807) is 0 Å². The van der Waals surface area contributed by atoms with Gasteiger partial charge in [-0.2, -0.15) is 0 Å². The van der Waals surface area contributed by atoms with E-state index < -0.39 is 0 Å². The number of esters is 1. The Morgan fingerprint density at radius 2 is 2.06 bits per heavy atom. The molecule has 1 aliphatic rings. The standard InChI is InChI=1S/C13H25NO2/c1-3-4-7-12(2)13(15)16-11-10-14-8-5-6-9-14/h12H,3-11H2,1-2H3. The summed E-state index contributed by atoms with van der Waals surface area (Å²) in [6.45, 7) is 7.92. The van der Waals surface area contributed by atoms with Crippen molar-refractivity contribution < 1.29 is 9.53 Å². The second-order valence-corrected chi connectivity index (χ2v) is 4.76. The molecule has 0 aromatic heterocycles. The lowest BCUT2D eigenvalue weighted by atomic mass is 10.1. The first kappa shape index (κ1) is 13.5. The maximum Gasteiger partial charge on any atom is 0.308 e. The Hall–Kier alpha value is -0.570. The highest BCUT2D eigenvalue weighted by Gasteiger charge is 2.15. The monoisotopic (exact) mass is 227 g/mol. The van der Waals surface area contributed by atoms with Gasteiger partial charge in [-0.25, -0.2) is 0 Å². The van der Waals surface area contributed by atoms with Crippen LogP contribution >= 0.6 is 0 Å². The smallest absolute Gasteiger partial charge is 0.308 e. The number of nitrogens with zero attached hydrogens (tertiary/aromatic N) is 1.